The maximum atomic E-state index is 13.2. The second-order valence-corrected chi connectivity index (χ2v) is 7.93. The molecule has 2 heterocycles. The van der Waals surface area contributed by atoms with Gasteiger partial charge in [-0.15, -0.1) is 0 Å². The number of benzene rings is 1. The summed E-state index contributed by atoms with van der Waals surface area (Å²) in [5, 5.41) is 0. The molecule has 0 bridgehead atoms. The average molecular weight is 385 g/mol. The van der Waals surface area contributed by atoms with E-state index < -0.39 is 0 Å². The summed E-state index contributed by atoms with van der Waals surface area (Å²) in [5.41, 5.74) is 1.95. The van der Waals surface area contributed by atoms with Crippen LogP contribution in [0.15, 0.2) is 30.0 Å². The molecule has 1 fully saturated rings. The molecule has 0 saturated carbocycles. The number of nitrogens with zero attached hydrogens (tertiary/aromatic N) is 2. The lowest BCUT2D eigenvalue weighted by molar-refractivity contribution is -0.137. The van der Waals surface area contributed by atoms with Crippen molar-refractivity contribution >= 4 is 17.4 Å². The molecule has 0 spiro atoms. The van der Waals surface area contributed by atoms with Gasteiger partial charge in [0.1, 0.15) is 11.4 Å². The molecule has 0 N–H and O–H groups in total. The molecule has 1 saturated heterocycles. The number of likely N-dealkylation sites (tertiary alicyclic amines) is 1. The fourth-order valence-corrected chi connectivity index (χ4v) is 3.93. The van der Waals surface area contributed by atoms with Crippen LogP contribution in [0.25, 0.3) is 5.57 Å². The highest BCUT2D eigenvalue weighted by atomic mass is 16.5. The molecule has 2 aliphatic heterocycles. The molecule has 152 valence electrons. The molecule has 28 heavy (non-hydrogen) atoms. The van der Waals surface area contributed by atoms with Gasteiger partial charge in [-0.3, -0.25) is 14.5 Å². The molecule has 0 radical (unpaired) electrons. The zero-order chi connectivity index (χ0) is 20.1. The lowest BCUT2D eigenvalue weighted by Gasteiger charge is -2.29. The molecule has 0 unspecified atom stereocenters. The van der Waals surface area contributed by atoms with E-state index in [-0.39, 0.29) is 17.9 Å². The van der Waals surface area contributed by atoms with E-state index in [0.717, 1.165) is 56.5 Å². The van der Waals surface area contributed by atoms with E-state index in [1.165, 1.54) is 11.3 Å². The summed E-state index contributed by atoms with van der Waals surface area (Å²) in [6, 6.07) is 7.57. The average Bonchev–Trinajstić information content (AvgIpc) is 2.93. The Balaban J connectivity index is 1.92. The van der Waals surface area contributed by atoms with Crippen molar-refractivity contribution in [1.82, 2.24) is 9.80 Å². The van der Waals surface area contributed by atoms with E-state index in [4.69, 9.17) is 4.74 Å². The van der Waals surface area contributed by atoms with Crippen molar-refractivity contribution in [3.05, 3.63) is 35.5 Å². The van der Waals surface area contributed by atoms with Crippen LogP contribution in [-0.2, 0) is 9.59 Å². The van der Waals surface area contributed by atoms with Crippen LogP contribution in [0.2, 0.25) is 0 Å². The summed E-state index contributed by atoms with van der Waals surface area (Å²) in [5.74, 6) is 0.496. The predicted molar refractivity (Wildman–Crippen MR) is 111 cm³/mol. The maximum absolute atomic E-state index is 13.2. The largest absolute Gasteiger partial charge is 0.491 e. The van der Waals surface area contributed by atoms with Gasteiger partial charge in [0.2, 0.25) is 0 Å². The van der Waals surface area contributed by atoms with Crippen LogP contribution in [0.5, 0.6) is 5.75 Å². The van der Waals surface area contributed by atoms with E-state index in [1.807, 2.05) is 38.1 Å². The van der Waals surface area contributed by atoms with Gasteiger partial charge in [-0.05, 0) is 57.2 Å². The fourth-order valence-electron chi connectivity index (χ4n) is 3.93. The first-order valence-electron chi connectivity index (χ1n) is 10.7. The Morgan fingerprint density at radius 3 is 2.25 bits per heavy atom. The number of carbonyl (C=O) groups excluding carboxylic acids is 2. The summed E-state index contributed by atoms with van der Waals surface area (Å²) in [7, 11) is 0. The standard InChI is InChI=1S/C23H32N2O3/c1-4-5-7-16-25-22(26)20(18-10-12-19(13-11-18)28-17(2)3)21(23(25)27)24-14-8-6-9-15-24/h10-13,17H,4-9,14-16H2,1-3H3. The maximum Gasteiger partial charge on any atom is 0.277 e. The van der Waals surface area contributed by atoms with Gasteiger partial charge in [0.15, 0.2) is 0 Å². The highest BCUT2D eigenvalue weighted by molar-refractivity contribution is 6.35. The molecular formula is C23H32N2O3. The Labute approximate surface area is 168 Å². The van der Waals surface area contributed by atoms with Crippen LogP contribution >= 0.6 is 0 Å². The van der Waals surface area contributed by atoms with Crippen LogP contribution in [0.4, 0.5) is 0 Å². The van der Waals surface area contributed by atoms with Crippen molar-refractivity contribution in [3.8, 4) is 5.75 Å². The van der Waals surface area contributed by atoms with Crippen LogP contribution < -0.4 is 4.74 Å². The molecule has 2 aliphatic rings. The minimum atomic E-state index is -0.154. The number of hydrogen-bond donors (Lipinski definition) is 0. The predicted octanol–water partition coefficient (Wildman–Crippen LogP) is 4.23. The van der Waals surface area contributed by atoms with Gasteiger partial charge in [-0.2, -0.15) is 0 Å². The van der Waals surface area contributed by atoms with Crippen LogP contribution in [-0.4, -0.2) is 47.4 Å². The molecule has 5 nitrogen and oxygen atoms in total. The number of ether oxygens (including phenoxy) is 1. The van der Waals surface area contributed by atoms with Crippen LogP contribution in [0.3, 0.4) is 0 Å². The van der Waals surface area contributed by atoms with E-state index in [2.05, 4.69) is 11.8 Å². The number of rotatable bonds is 8. The minimum absolute atomic E-state index is 0.0951. The number of hydrogen-bond acceptors (Lipinski definition) is 4. The van der Waals surface area contributed by atoms with E-state index in [9.17, 15) is 9.59 Å². The molecule has 5 heteroatoms. The third kappa shape index (κ3) is 4.40. The highest BCUT2D eigenvalue weighted by Gasteiger charge is 2.41. The first-order valence-corrected chi connectivity index (χ1v) is 10.7. The van der Waals surface area contributed by atoms with Crippen molar-refractivity contribution in [1.29, 1.82) is 0 Å². The number of unbranched alkanes of at least 4 members (excludes halogenated alkanes) is 2. The van der Waals surface area contributed by atoms with Crippen molar-refractivity contribution in [2.75, 3.05) is 19.6 Å². The zero-order valence-electron chi connectivity index (χ0n) is 17.4. The third-order valence-corrected chi connectivity index (χ3v) is 5.32. The Hall–Kier alpha value is -2.30. The first-order chi connectivity index (χ1) is 13.5. The zero-order valence-corrected chi connectivity index (χ0v) is 17.4. The lowest BCUT2D eigenvalue weighted by Crippen LogP contribution is -2.37. The van der Waals surface area contributed by atoms with Crippen LogP contribution in [0, 0.1) is 0 Å². The Morgan fingerprint density at radius 2 is 1.64 bits per heavy atom. The smallest absolute Gasteiger partial charge is 0.277 e. The number of carbonyl (C=O) groups is 2. The van der Waals surface area contributed by atoms with Gasteiger partial charge < -0.3 is 9.64 Å². The number of piperidine rings is 1. The summed E-state index contributed by atoms with van der Waals surface area (Å²) in [6.07, 6.45) is 6.35. The van der Waals surface area contributed by atoms with Gasteiger partial charge in [0.05, 0.1) is 11.7 Å². The lowest BCUT2D eigenvalue weighted by atomic mass is 10.0. The summed E-state index contributed by atoms with van der Waals surface area (Å²) in [6.45, 7) is 8.28. The molecule has 1 aromatic carbocycles. The number of imide groups is 1. The first kappa shape index (κ1) is 20.4. The van der Waals surface area contributed by atoms with Crippen molar-refractivity contribution < 1.29 is 14.3 Å². The van der Waals surface area contributed by atoms with Gasteiger partial charge in [-0.1, -0.05) is 31.9 Å². The fraction of sp³-hybridized carbons (Fsp3) is 0.565. The molecule has 3 rings (SSSR count). The molecule has 2 amide bonds. The van der Waals surface area contributed by atoms with E-state index in [0.29, 0.717) is 17.8 Å². The molecule has 0 aromatic heterocycles. The second-order valence-electron chi connectivity index (χ2n) is 7.93. The highest BCUT2D eigenvalue weighted by Crippen LogP contribution is 2.34. The number of amides is 2. The Kier molecular flexibility index (Phi) is 6.76. The summed E-state index contributed by atoms with van der Waals surface area (Å²) < 4.78 is 5.72. The van der Waals surface area contributed by atoms with Gasteiger partial charge in [0, 0.05) is 19.6 Å². The van der Waals surface area contributed by atoms with Gasteiger partial charge in [0.25, 0.3) is 11.8 Å². The van der Waals surface area contributed by atoms with Gasteiger partial charge in [-0.25, -0.2) is 0 Å². The monoisotopic (exact) mass is 384 g/mol. The van der Waals surface area contributed by atoms with Crippen LogP contribution in [0.1, 0.15) is 64.9 Å². The second kappa shape index (κ2) is 9.26. The van der Waals surface area contributed by atoms with Gasteiger partial charge >= 0.3 is 0 Å². The molecule has 1 aromatic rings. The third-order valence-electron chi connectivity index (χ3n) is 5.32. The van der Waals surface area contributed by atoms with Crippen molar-refractivity contribution in [3.63, 3.8) is 0 Å². The Morgan fingerprint density at radius 1 is 0.964 bits per heavy atom. The minimum Gasteiger partial charge on any atom is -0.491 e. The summed E-state index contributed by atoms with van der Waals surface area (Å²) in [4.78, 5) is 30.0. The van der Waals surface area contributed by atoms with E-state index >= 15 is 0 Å². The Bertz CT molecular complexity index is 731. The molecule has 0 atom stereocenters. The van der Waals surface area contributed by atoms with E-state index in [1.54, 1.807) is 0 Å². The quantitative estimate of drug-likeness (QED) is 0.497. The summed E-state index contributed by atoms with van der Waals surface area (Å²) >= 11 is 0. The SMILES string of the molecule is CCCCCN1C(=O)C(c2ccc(OC(C)C)cc2)=C(N2CCCCC2)C1=O. The topological polar surface area (TPSA) is 49.9 Å². The molecule has 0 aliphatic carbocycles. The van der Waals surface area contributed by atoms with Crippen molar-refractivity contribution in [2.24, 2.45) is 0 Å². The molecular weight excluding hydrogens is 352 g/mol. The van der Waals surface area contributed by atoms with Crippen molar-refractivity contribution in [2.45, 2.75) is 65.4 Å². The normalized spacial score (nSPS) is 17.9.